The molecule has 0 aliphatic rings. The molecule has 94 valence electrons. The van der Waals surface area contributed by atoms with Crippen molar-refractivity contribution in [2.45, 2.75) is 13.3 Å². The van der Waals surface area contributed by atoms with Crippen LogP contribution in [0.3, 0.4) is 0 Å². The molecule has 0 aliphatic carbocycles. The fraction of sp³-hybridized carbons (Fsp3) is 0.462. The van der Waals surface area contributed by atoms with Gasteiger partial charge in [0.25, 0.3) is 5.91 Å². The predicted molar refractivity (Wildman–Crippen MR) is 68.2 cm³/mol. The number of para-hydroxylation sites is 1. The smallest absolute Gasteiger partial charge is 0.255 e. The molecule has 0 saturated heterocycles. The summed E-state index contributed by atoms with van der Waals surface area (Å²) in [6, 6.07) is 7.19. The highest BCUT2D eigenvalue weighted by molar-refractivity contribution is 5.96. The predicted octanol–water partition coefficient (Wildman–Crippen LogP) is 1.41. The number of rotatable bonds is 6. The summed E-state index contributed by atoms with van der Waals surface area (Å²) in [5, 5.41) is 2.88. The lowest BCUT2D eigenvalue weighted by atomic mass is 10.1. The number of nitrogens with one attached hydrogen (secondary N) is 1. The van der Waals surface area contributed by atoms with Crippen molar-refractivity contribution < 1.29 is 9.53 Å². The van der Waals surface area contributed by atoms with Gasteiger partial charge in [0.15, 0.2) is 0 Å². The molecule has 1 rings (SSSR count). The molecule has 1 amide bonds. The zero-order chi connectivity index (χ0) is 12.7. The van der Waals surface area contributed by atoms with Crippen molar-refractivity contribution in [3.8, 4) is 5.75 Å². The van der Waals surface area contributed by atoms with Crippen LogP contribution in [0.5, 0.6) is 5.75 Å². The number of ether oxygens (including phenoxy) is 1. The Morgan fingerprint density at radius 1 is 1.47 bits per heavy atom. The van der Waals surface area contributed by atoms with Crippen molar-refractivity contribution in [3.63, 3.8) is 0 Å². The highest BCUT2D eigenvalue weighted by Gasteiger charge is 2.11. The topological polar surface area (TPSA) is 64.3 Å². The highest BCUT2D eigenvalue weighted by Crippen LogP contribution is 2.16. The van der Waals surface area contributed by atoms with Crippen LogP contribution in [-0.2, 0) is 0 Å². The van der Waals surface area contributed by atoms with Gasteiger partial charge in [-0.15, -0.1) is 0 Å². The van der Waals surface area contributed by atoms with E-state index in [-0.39, 0.29) is 5.91 Å². The van der Waals surface area contributed by atoms with E-state index in [9.17, 15) is 4.79 Å². The number of carbonyl (C=O) groups is 1. The lowest BCUT2D eigenvalue weighted by Gasteiger charge is -2.12. The number of benzene rings is 1. The van der Waals surface area contributed by atoms with Gasteiger partial charge in [-0.25, -0.2) is 0 Å². The van der Waals surface area contributed by atoms with E-state index in [2.05, 4.69) is 12.2 Å². The second kappa shape index (κ2) is 6.91. The lowest BCUT2D eigenvalue weighted by Crippen LogP contribution is -2.29. The molecule has 4 heteroatoms. The molecule has 0 radical (unpaired) electrons. The van der Waals surface area contributed by atoms with Crippen LogP contribution < -0.4 is 15.8 Å². The minimum Gasteiger partial charge on any atom is -0.496 e. The Labute approximate surface area is 102 Å². The number of nitrogens with two attached hydrogens (primary N) is 1. The minimum atomic E-state index is -0.105. The Morgan fingerprint density at radius 2 is 2.18 bits per heavy atom. The van der Waals surface area contributed by atoms with Crippen molar-refractivity contribution in [2.24, 2.45) is 11.7 Å². The van der Waals surface area contributed by atoms with Gasteiger partial charge < -0.3 is 15.8 Å². The summed E-state index contributed by atoms with van der Waals surface area (Å²) >= 11 is 0. The van der Waals surface area contributed by atoms with Gasteiger partial charge in [-0.1, -0.05) is 19.1 Å². The van der Waals surface area contributed by atoms with Gasteiger partial charge in [0.2, 0.25) is 0 Å². The van der Waals surface area contributed by atoms with Crippen molar-refractivity contribution in [1.82, 2.24) is 5.32 Å². The molecule has 1 atom stereocenters. The molecule has 0 aliphatic heterocycles. The molecule has 0 heterocycles. The summed E-state index contributed by atoms with van der Waals surface area (Å²) in [5.41, 5.74) is 6.02. The molecule has 0 bridgehead atoms. The Bertz CT molecular complexity index is 366. The number of hydrogen-bond acceptors (Lipinski definition) is 3. The SMILES string of the molecule is COc1ccccc1C(=O)NCC(C)CCN. The molecule has 0 spiro atoms. The van der Waals surface area contributed by atoms with Gasteiger partial charge in [0, 0.05) is 6.54 Å². The fourth-order valence-corrected chi connectivity index (χ4v) is 1.58. The third kappa shape index (κ3) is 4.07. The van der Waals surface area contributed by atoms with E-state index in [0.29, 0.717) is 30.3 Å². The zero-order valence-electron chi connectivity index (χ0n) is 10.4. The molecule has 1 aromatic carbocycles. The maximum Gasteiger partial charge on any atom is 0.255 e. The Kier molecular flexibility index (Phi) is 5.49. The normalized spacial score (nSPS) is 11.9. The van der Waals surface area contributed by atoms with Crippen molar-refractivity contribution in [1.29, 1.82) is 0 Å². The van der Waals surface area contributed by atoms with Gasteiger partial charge >= 0.3 is 0 Å². The third-order valence-corrected chi connectivity index (χ3v) is 2.62. The van der Waals surface area contributed by atoms with E-state index in [1.807, 2.05) is 12.1 Å². The average molecular weight is 236 g/mol. The molecule has 0 fully saturated rings. The number of carbonyl (C=O) groups excluding carboxylic acids is 1. The third-order valence-electron chi connectivity index (χ3n) is 2.62. The van der Waals surface area contributed by atoms with Crippen molar-refractivity contribution in [3.05, 3.63) is 29.8 Å². The maximum absolute atomic E-state index is 11.9. The van der Waals surface area contributed by atoms with Crippen LogP contribution >= 0.6 is 0 Å². The summed E-state index contributed by atoms with van der Waals surface area (Å²) < 4.78 is 5.14. The number of hydrogen-bond donors (Lipinski definition) is 2. The lowest BCUT2D eigenvalue weighted by molar-refractivity contribution is 0.0944. The Morgan fingerprint density at radius 3 is 2.82 bits per heavy atom. The zero-order valence-corrected chi connectivity index (χ0v) is 10.4. The molecule has 0 aromatic heterocycles. The van der Waals surface area contributed by atoms with Crippen LogP contribution in [0.15, 0.2) is 24.3 Å². The van der Waals surface area contributed by atoms with Crippen LogP contribution in [0.25, 0.3) is 0 Å². The monoisotopic (exact) mass is 236 g/mol. The Balaban J connectivity index is 2.58. The maximum atomic E-state index is 11.9. The Hall–Kier alpha value is -1.55. The second-order valence-corrected chi connectivity index (χ2v) is 4.09. The first-order valence-corrected chi connectivity index (χ1v) is 5.80. The van der Waals surface area contributed by atoms with E-state index < -0.39 is 0 Å². The summed E-state index contributed by atoms with van der Waals surface area (Å²) in [5.74, 6) is 0.876. The van der Waals surface area contributed by atoms with Crippen molar-refractivity contribution in [2.75, 3.05) is 20.2 Å². The molecule has 1 aromatic rings. The largest absolute Gasteiger partial charge is 0.496 e. The van der Waals surface area contributed by atoms with Crippen LogP contribution in [-0.4, -0.2) is 26.1 Å². The fourth-order valence-electron chi connectivity index (χ4n) is 1.58. The highest BCUT2D eigenvalue weighted by atomic mass is 16.5. The quantitative estimate of drug-likeness (QED) is 0.785. The molecule has 4 nitrogen and oxygen atoms in total. The molecule has 1 unspecified atom stereocenters. The number of methoxy groups -OCH3 is 1. The van der Waals surface area contributed by atoms with Gasteiger partial charge in [0.1, 0.15) is 5.75 Å². The summed E-state index contributed by atoms with van der Waals surface area (Å²) in [6.45, 7) is 3.34. The van der Waals surface area contributed by atoms with Gasteiger partial charge in [-0.05, 0) is 31.0 Å². The van der Waals surface area contributed by atoms with Crippen LogP contribution in [0.4, 0.5) is 0 Å². The van der Waals surface area contributed by atoms with Gasteiger partial charge in [-0.3, -0.25) is 4.79 Å². The minimum absolute atomic E-state index is 0.105. The summed E-state index contributed by atoms with van der Waals surface area (Å²) in [4.78, 5) is 11.9. The standard InChI is InChI=1S/C13H20N2O2/c1-10(7-8-14)9-15-13(16)11-5-3-4-6-12(11)17-2/h3-6,10H,7-9,14H2,1-2H3,(H,15,16). The first-order chi connectivity index (χ1) is 8.19. The first-order valence-electron chi connectivity index (χ1n) is 5.80. The molecular formula is C13H20N2O2. The molecular weight excluding hydrogens is 216 g/mol. The number of amides is 1. The van der Waals surface area contributed by atoms with E-state index in [1.54, 1.807) is 19.2 Å². The van der Waals surface area contributed by atoms with Crippen LogP contribution in [0.2, 0.25) is 0 Å². The molecule has 3 N–H and O–H groups in total. The van der Waals surface area contributed by atoms with E-state index >= 15 is 0 Å². The summed E-state index contributed by atoms with van der Waals surface area (Å²) in [7, 11) is 1.56. The van der Waals surface area contributed by atoms with E-state index in [0.717, 1.165) is 6.42 Å². The molecule has 17 heavy (non-hydrogen) atoms. The first kappa shape index (κ1) is 13.5. The van der Waals surface area contributed by atoms with E-state index in [4.69, 9.17) is 10.5 Å². The van der Waals surface area contributed by atoms with Crippen LogP contribution in [0.1, 0.15) is 23.7 Å². The average Bonchev–Trinajstić information content (AvgIpc) is 2.36. The van der Waals surface area contributed by atoms with Gasteiger partial charge in [-0.2, -0.15) is 0 Å². The van der Waals surface area contributed by atoms with Crippen LogP contribution in [0, 0.1) is 5.92 Å². The summed E-state index contributed by atoms with van der Waals surface area (Å²) in [6.07, 6.45) is 0.909. The van der Waals surface area contributed by atoms with Gasteiger partial charge in [0.05, 0.1) is 12.7 Å². The van der Waals surface area contributed by atoms with E-state index in [1.165, 1.54) is 0 Å². The second-order valence-electron chi connectivity index (χ2n) is 4.09. The van der Waals surface area contributed by atoms with Crippen molar-refractivity contribution >= 4 is 5.91 Å². The molecule has 0 saturated carbocycles.